The van der Waals surface area contributed by atoms with Gasteiger partial charge in [0.05, 0.1) is 18.6 Å². The first-order chi connectivity index (χ1) is 13.7. The number of benzene rings is 1. The standard InChI is InChI=1S/C19H24N6O2S/c26-17(4-2-1-3-16-18-15(10-28-16)23-19(27)24-18)22-14-7-5-13(6-8-14)9-25-12-20-11-21-25/h5-8,11-12,15-16,18H,1-4,9-10H2,(H,22,26)(H2,23,24,27). The van der Waals surface area contributed by atoms with Crippen molar-refractivity contribution in [1.82, 2.24) is 25.4 Å². The van der Waals surface area contributed by atoms with Gasteiger partial charge in [-0.05, 0) is 30.5 Å². The zero-order valence-electron chi connectivity index (χ0n) is 15.5. The molecule has 0 saturated carbocycles. The summed E-state index contributed by atoms with van der Waals surface area (Å²) in [5, 5.41) is 13.4. The molecule has 9 heteroatoms. The molecule has 4 rings (SSSR count). The van der Waals surface area contributed by atoms with Gasteiger partial charge in [0.2, 0.25) is 5.91 Å². The first-order valence-electron chi connectivity index (χ1n) is 9.57. The average molecular weight is 401 g/mol. The van der Waals surface area contributed by atoms with Crippen LogP contribution in [-0.2, 0) is 11.3 Å². The number of aromatic nitrogens is 3. The molecule has 2 aliphatic rings. The van der Waals surface area contributed by atoms with Crippen LogP contribution in [0.1, 0.15) is 31.2 Å². The highest BCUT2D eigenvalue weighted by molar-refractivity contribution is 8.00. The summed E-state index contributed by atoms with van der Waals surface area (Å²) in [6.07, 6.45) is 6.57. The van der Waals surface area contributed by atoms with Crippen molar-refractivity contribution in [2.45, 2.75) is 49.6 Å². The number of urea groups is 1. The normalized spacial score (nSPS) is 23.1. The molecular formula is C19H24N6O2S. The SMILES string of the molecule is O=C(CCCCC1SCC2NC(=O)NC21)Nc1ccc(Cn2cncn2)cc1. The van der Waals surface area contributed by atoms with Crippen molar-refractivity contribution in [3.63, 3.8) is 0 Å². The summed E-state index contributed by atoms with van der Waals surface area (Å²) >= 11 is 1.91. The van der Waals surface area contributed by atoms with Crippen molar-refractivity contribution in [2.24, 2.45) is 0 Å². The van der Waals surface area contributed by atoms with Gasteiger partial charge in [0, 0.05) is 23.1 Å². The maximum Gasteiger partial charge on any atom is 0.315 e. The summed E-state index contributed by atoms with van der Waals surface area (Å²) in [5.74, 6) is 1.01. The van der Waals surface area contributed by atoms with E-state index in [-0.39, 0.29) is 24.0 Å². The number of amides is 3. The largest absolute Gasteiger partial charge is 0.332 e. The maximum atomic E-state index is 12.2. The van der Waals surface area contributed by atoms with Gasteiger partial charge < -0.3 is 16.0 Å². The maximum absolute atomic E-state index is 12.2. The highest BCUT2D eigenvalue weighted by atomic mass is 32.2. The summed E-state index contributed by atoms with van der Waals surface area (Å²) in [5.41, 5.74) is 1.91. The van der Waals surface area contributed by atoms with Gasteiger partial charge in [-0.25, -0.2) is 14.5 Å². The molecule has 3 atom stereocenters. The minimum Gasteiger partial charge on any atom is -0.332 e. The summed E-state index contributed by atoms with van der Waals surface area (Å²) < 4.78 is 1.76. The van der Waals surface area contributed by atoms with Gasteiger partial charge in [0.1, 0.15) is 12.7 Å². The third-order valence-corrected chi connectivity index (χ3v) is 6.64. The zero-order chi connectivity index (χ0) is 19.3. The summed E-state index contributed by atoms with van der Waals surface area (Å²) in [6.45, 7) is 0.658. The average Bonchev–Trinajstić information content (AvgIpc) is 3.39. The lowest BCUT2D eigenvalue weighted by Crippen LogP contribution is -2.36. The molecule has 2 saturated heterocycles. The van der Waals surface area contributed by atoms with Crippen LogP contribution in [0.3, 0.4) is 0 Å². The molecule has 3 heterocycles. The molecule has 0 aliphatic carbocycles. The first-order valence-corrected chi connectivity index (χ1v) is 10.6. The molecule has 0 spiro atoms. The number of rotatable bonds is 8. The van der Waals surface area contributed by atoms with Crippen molar-refractivity contribution < 1.29 is 9.59 Å². The summed E-state index contributed by atoms with van der Waals surface area (Å²) in [4.78, 5) is 27.5. The Morgan fingerprint density at radius 2 is 2.11 bits per heavy atom. The Kier molecular flexibility index (Phi) is 5.80. The van der Waals surface area contributed by atoms with E-state index in [4.69, 9.17) is 0 Å². The number of nitrogens with zero attached hydrogens (tertiary/aromatic N) is 3. The molecule has 3 amide bonds. The third kappa shape index (κ3) is 4.64. The van der Waals surface area contributed by atoms with Gasteiger partial charge in [-0.1, -0.05) is 18.6 Å². The lowest BCUT2D eigenvalue weighted by Gasteiger charge is -2.16. The van der Waals surface area contributed by atoms with Crippen LogP contribution in [-0.4, -0.2) is 49.8 Å². The van der Waals surface area contributed by atoms with Crippen LogP contribution in [0.15, 0.2) is 36.9 Å². The quantitative estimate of drug-likeness (QED) is 0.465. The van der Waals surface area contributed by atoms with E-state index >= 15 is 0 Å². The van der Waals surface area contributed by atoms with E-state index in [1.165, 1.54) is 6.33 Å². The van der Waals surface area contributed by atoms with E-state index in [2.05, 4.69) is 26.0 Å². The van der Waals surface area contributed by atoms with Crippen LogP contribution < -0.4 is 16.0 Å². The molecule has 28 heavy (non-hydrogen) atoms. The molecule has 8 nitrogen and oxygen atoms in total. The fourth-order valence-corrected chi connectivity index (χ4v) is 5.24. The fourth-order valence-electron chi connectivity index (χ4n) is 3.69. The van der Waals surface area contributed by atoms with Gasteiger partial charge >= 0.3 is 6.03 Å². The first kappa shape index (κ1) is 18.8. The van der Waals surface area contributed by atoms with Crippen LogP contribution in [0.25, 0.3) is 0 Å². The Bertz CT molecular complexity index is 810. The number of unbranched alkanes of at least 4 members (excludes halogenated alkanes) is 1. The number of carbonyl (C=O) groups excluding carboxylic acids is 2. The van der Waals surface area contributed by atoms with Crippen LogP contribution in [0.4, 0.5) is 10.5 Å². The molecule has 0 radical (unpaired) electrons. The lowest BCUT2D eigenvalue weighted by atomic mass is 10.0. The number of hydrogen-bond donors (Lipinski definition) is 3. The van der Waals surface area contributed by atoms with Crippen molar-refractivity contribution >= 4 is 29.4 Å². The lowest BCUT2D eigenvalue weighted by molar-refractivity contribution is -0.116. The van der Waals surface area contributed by atoms with E-state index in [0.29, 0.717) is 18.2 Å². The smallest absolute Gasteiger partial charge is 0.315 e. The summed E-state index contributed by atoms with van der Waals surface area (Å²) in [6, 6.07) is 8.24. The van der Waals surface area contributed by atoms with Gasteiger partial charge in [-0.15, -0.1) is 0 Å². The molecule has 3 unspecified atom stereocenters. The highest BCUT2D eigenvalue weighted by Gasteiger charge is 2.42. The third-order valence-electron chi connectivity index (χ3n) is 5.13. The monoisotopic (exact) mass is 400 g/mol. The number of anilines is 1. The van der Waals surface area contributed by atoms with E-state index in [0.717, 1.165) is 36.3 Å². The second kappa shape index (κ2) is 8.64. The number of fused-ring (bicyclic) bond motifs is 1. The van der Waals surface area contributed by atoms with Gasteiger partial charge in [-0.2, -0.15) is 16.9 Å². The Morgan fingerprint density at radius 1 is 1.25 bits per heavy atom. The molecular weight excluding hydrogens is 376 g/mol. The van der Waals surface area contributed by atoms with Gasteiger partial charge in [0.25, 0.3) is 0 Å². The molecule has 1 aromatic heterocycles. The van der Waals surface area contributed by atoms with Crippen LogP contribution in [0.2, 0.25) is 0 Å². The highest BCUT2D eigenvalue weighted by Crippen LogP contribution is 2.33. The van der Waals surface area contributed by atoms with E-state index < -0.39 is 0 Å². The fraction of sp³-hybridized carbons (Fsp3) is 0.474. The van der Waals surface area contributed by atoms with Crippen molar-refractivity contribution in [1.29, 1.82) is 0 Å². The molecule has 148 valence electrons. The van der Waals surface area contributed by atoms with Crippen LogP contribution in [0, 0.1) is 0 Å². The molecule has 3 N–H and O–H groups in total. The summed E-state index contributed by atoms with van der Waals surface area (Å²) in [7, 11) is 0. The van der Waals surface area contributed by atoms with Crippen molar-refractivity contribution in [3.8, 4) is 0 Å². The zero-order valence-corrected chi connectivity index (χ0v) is 16.3. The van der Waals surface area contributed by atoms with Crippen molar-refractivity contribution in [3.05, 3.63) is 42.5 Å². The predicted molar refractivity (Wildman–Crippen MR) is 108 cm³/mol. The van der Waals surface area contributed by atoms with E-state index in [1.807, 2.05) is 36.0 Å². The molecule has 0 bridgehead atoms. The molecule has 2 fully saturated rings. The number of carbonyl (C=O) groups is 2. The minimum atomic E-state index is -0.0491. The Labute approximate surface area is 167 Å². The number of thioether (sulfide) groups is 1. The molecule has 2 aromatic rings. The van der Waals surface area contributed by atoms with Crippen LogP contribution >= 0.6 is 11.8 Å². The Morgan fingerprint density at radius 3 is 2.89 bits per heavy atom. The van der Waals surface area contributed by atoms with E-state index in [9.17, 15) is 9.59 Å². The Balaban J connectivity index is 1.15. The van der Waals surface area contributed by atoms with E-state index in [1.54, 1.807) is 11.0 Å². The minimum absolute atomic E-state index is 0.0387. The second-order valence-electron chi connectivity index (χ2n) is 7.21. The van der Waals surface area contributed by atoms with Crippen molar-refractivity contribution in [2.75, 3.05) is 11.1 Å². The topological polar surface area (TPSA) is 101 Å². The van der Waals surface area contributed by atoms with Crippen LogP contribution in [0.5, 0.6) is 0 Å². The molecule has 2 aliphatic heterocycles. The molecule has 1 aromatic carbocycles. The Hall–Kier alpha value is -2.55. The number of hydrogen-bond acceptors (Lipinski definition) is 5. The van der Waals surface area contributed by atoms with Gasteiger partial charge in [-0.3, -0.25) is 4.79 Å². The van der Waals surface area contributed by atoms with Gasteiger partial charge in [0.15, 0.2) is 0 Å². The second-order valence-corrected chi connectivity index (χ2v) is 8.48. The number of nitrogens with one attached hydrogen (secondary N) is 3. The predicted octanol–water partition coefficient (Wildman–Crippen LogP) is 1.99.